The summed E-state index contributed by atoms with van der Waals surface area (Å²) in [5.41, 5.74) is 0. The quantitative estimate of drug-likeness (QED) is 0.831. The Balaban J connectivity index is 1.63. The second-order valence-corrected chi connectivity index (χ2v) is 6.47. The van der Waals surface area contributed by atoms with Gasteiger partial charge in [0.05, 0.1) is 6.54 Å². The molecule has 1 aromatic rings. The van der Waals surface area contributed by atoms with E-state index in [4.69, 9.17) is 4.42 Å². The van der Waals surface area contributed by atoms with Gasteiger partial charge in [-0.15, -0.1) is 0 Å². The fraction of sp³-hybridized carbons (Fsp3) is 0.750. The molecule has 3 atom stereocenters. The molecule has 0 amide bonds. The van der Waals surface area contributed by atoms with E-state index in [0.29, 0.717) is 0 Å². The van der Waals surface area contributed by atoms with Crippen LogP contribution in [-0.4, -0.2) is 43.0 Å². The first-order chi connectivity index (χ1) is 9.17. The van der Waals surface area contributed by atoms with Gasteiger partial charge in [-0.1, -0.05) is 6.92 Å². The van der Waals surface area contributed by atoms with Crippen LogP contribution in [-0.2, 0) is 13.0 Å². The molecular formula is C16H26N2O. The molecule has 0 N–H and O–H groups in total. The maximum Gasteiger partial charge on any atom is 0.118 e. The van der Waals surface area contributed by atoms with Gasteiger partial charge in [-0.25, -0.2) is 0 Å². The summed E-state index contributed by atoms with van der Waals surface area (Å²) in [6.45, 7) is 5.61. The highest BCUT2D eigenvalue weighted by molar-refractivity contribution is 5.08. The zero-order chi connectivity index (χ0) is 13.4. The molecule has 3 rings (SSSR count). The SMILES string of the molecule is CCc1ccc(CN2C[C@H]3CC[C@@H](C2)C3N(C)C)o1. The van der Waals surface area contributed by atoms with E-state index in [9.17, 15) is 0 Å². The summed E-state index contributed by atoms with van der Waals surface area (Å²) >= 11 is 0. The van der Waals surface area contributed by atoms with Gasteiger partial charge in [-0.05, 0) is 50.9 Å². The van der Waals surface area contributed by atoms with Crippen LogP contribution >= 0.6 is 0 Å². The maximum absolute atomic E-state index is 5.85. The molecule has 0 radical (unpaired) electrons. The Labute approximate surface area is 116 Å². The van der Waals surface area contributed by atoms with Gasteiger partial charge in [-0.3, -0.25) is 4.90 Å². The molecule has 1 saturated heterocycles. The van der Waals surface area contributed by atoms with E-state index in [0.717, 1.165) is 42.4 Å². The maximum atomic E-state index is 5.85. The van der Waals surface area contributed by atoms with E-state index in [-0.39, 0.29) is 0 Å². The Morgan fingerprint density at radius 3 is 2.32 bits per heavy atom. The summed E-state index contributed by atoms with van der Waals surface area (Å²) in [4.78, 5) is 5.04. The second kappa shape index (κ2) is 5.29. The average molecular weight is 262 g/mol. The Bertz CT molecular complexity index is 412. The van der Waals surface area contributed by atoms with Gasteiger partial charge < -0.3 is 9.32 Å². The van der Waals surface area contributed by atoms with Gasteiger partial charge >= 0.3 is 0 Å². The van der Waals surface area contributed by atoms with Gasteiger partial charge in [0.15, 0.2) is 0 Å². The van der Waals surface area contributed by atoms with Crippen molar-refractivity contribution < 1.29 is 4.42 Å². The summed E-state index contributed by atoms with van der Waals surface area (Å²) in [5, 5.41) is 0. The number of hydrogen-bond acceptors (Lipinski definition) is 3. The summed E-state index contributed by atoms with van der Waals surface area (Å²) in [6, 6.07) is 5.08. The molecule has 2 heterocycles. The summed E-state index contributed by atoms with van der Waals surface area (Å²) in [6.07, 6.45) is 3.80. The second-order valence-electron chi connectivity index (χ2n) is 6.47. The zero-order valence-electron chi connectivity index (χ0n) is 12.4. The zero-order valence-corrected chi connectivity index (χ0v) is 12.4. The van der Waals surface area contributed by atoms with Crippen molar-refractivity contribution in [3.63, 3.8) is 0 Å². The fourth-order valence-electron chi connectivity index (χ4n) is 4.18. The lowest BCUT2D eigenvalue weighted by Gasteiger charge is -2.40. The molecule has 3 nitrogen and oxygen atoms in total. The first-order valence-electron chi connectivity index (χ1n) is 7.63. The molecule has 19 heavy (non-hydrogen) atoms. The minimum Gasteiger partial charge on any atom is -0.465 e. The number of furan rings is 1. The normalized spacial score (nSPS) is 31.3. The lowest BCUT2D eigenvalue weighted by molar-refractivity contribution is 0.0672. The van der Waals surface area contributed by atoms with Crippen LogP contribution in [0.3, 0.4) is 0 Å². The van der Waals surface area contributed by atoms with Crippen LogP contribution in [0.2, 0.25) is 0 Å². The van der Waals surface area contributed by atoms with Crippen molar-refractivity contribution in [2.45, 2.75) is 38.8 Å². The van der Waals surface area contributed by atoms with Gasteiger partial charge in [0, 0.05) is 25.6 Å². The molecular weight excluding hydrogens is 236 g/mol. The van der Waals surface area contributed by atoms with Crippen LogP contribution in [0.1, 0.15) is 31.3 Å². The predicted molar refractivity (Wildman–Crippen MR) is 77.1 cm³/mol. The summed E-state index contributed by atoms with van der Waals surface area (Å²) in [5.74, 6) is 3.96. The van der Waals surface area contributed by atoms with Gasteiger partial charge in [-0.2, -0.15) is 0 Å². The molecule has 1 saturated carbocycles. The van der Waals surface area contributed by atoms with E-state index < -0.39 is 0 Å². The van der Waals surface area contributed by atoms with Crippen molar-refractivity contribution in [3.05, 3.63) is 23.7 Å². The van der Waals surface area contributed by atoms with Crippen LogP contribution in [0.15, 0.2) is 16.5 Å². The number of rotatable bonds is 4. The summed E-state index contributed by atoms with van der Waals surface area (Å²) in [7, 11) is 4.48. The van der Waals surface area contributed by atoms with Crippen LogP contribution in [0.4, 0.5) is 0 Å². The molecule has 1 aliphatic carbocycles. The van der Waals surface area contributed by atoms with Crippen molar-refractivity contribution in [2.24, 2.45) is 11.8 Å². The van der Waals surface area contributed by atoms with Crippen molar-refractivity contribution >= 4 is 0 Å². The number of aryl methyl sites for hydroxylation is 1. The standard InChI is InChI=1S/C16H26N2O/c1-4-14-7-8-15(19-14)11-18-9-12-5-6-13(10-18)16(12)17(2)3/h7-8,12-13,16H,4-6,9-11H2,1-3H3/t12-,13+,16?. The third-order valence-corrected chi connectivity index (χ3v) is 4.90. The molecule has 1 aliphatic heterocycles. The van der Waals surface area contributed by atoms with Crippen molar-refractivity contribution in [1.82, 2.24) is 9.80 Å². The van der Waals surface area contributed by atoms with E-state index in [1.54, 1.807) is 0 Å². The van der Waals surface area contributed by atoms with E-state index in [1.165, 1.54) is 25.9 Å². The van der Waals surface area contributed by atoms with Crippen LogP contribution in [0, 0.1) is 11.8 Å². The number of piperidine rings is 1. The Kier molecular flexibility index (Phi) is 3.68. The number of likely N-dealkylation sites (tertiary alicyclic amines) is 1. The van der Waals surface area contributed by atoms with E-state index >= 15 is 0 Å². The van der Waals surface area contributed by atoms with Crippen molar-refractivity contribution in [2.75, 3.05) is 27.2 Å². The lowest BCUT2D eigenvalue weighted by atomic mass is 9.91. The molecule has 3 heteroatoms. The van der Waals surface area contributed by atoms with Crippen LogP contribution < -0.4 is 0 Å². The highest BCUT2D eigenvalue weighted by Gasteiger charge is 2.42. The third kappa shape index (κ3) is 2.59. The average Bonchev–Trinajstić information content (AvgIpc) is 2.93. The van der Waals surface area contributed by atoms with E-state index in [1.807, 2.05) is 0 Å². The molecule has 106 valence electrons. The topological polar surface area (TPSA) is 19.6 Å². The Morgan fingerprint density at radius 2 is 1.79 bits per heavy atom. The molecule has 0 spiro atoms. The Hall–Kier alpha value is -0.800. The van der Waals surface area contributed by atoms with E-state index in [2.05, 4.69) is 43.0 Å². The highest BCUT2D eigenvalue weighted by atomic mass is 16.3. The molecule has 2 aliphatic rings. The Morgan fingerprint density at radius 1 is 1.16 bits per heavy atom. The monoisotopic (exact) mass is 262 g/mol. The highest BCUT2D eigenvalue weighted by Crippen LogP contribution is 2.39. The predicted octanol–water partition coefficient (Wildman–Crippen LogP) is 2.61. The molecule has 2 bridgehead atoms. The van der Waals surface area contributed by atoms with Crippen molar-refractivity contribution in [3.8, 4) is 0 Å². The van der Waals surface area contributed by atoms with Gasteiger partial charge in [0.25, 0.3) is 0 Å². The molecule has 0 aromatic carbocycles. The van der Waals surface area contributed by atoms with Gasteiger partial charge in [0.2, 0.25) is 0 Å². The first-order valence-corrected chi connectivity index (χ1v) is 7.63. The molecule has 1 unspecified atom stereocenters. The third-order valence-electron chi connectivity index (χ3n) is 4.90. The number of nitrogens with zero attached hydrogens (tertiary/aromatic N) is 2. The van der Waals surface area contributed by atoms with Crippen molar-refractivity contribution in [1.29, 1.82) is 0 Å². The van der Waals surface area contributed by atoms with Crippen LogP contribution in [0.25, 0.3) is 0 Å². The lowest BCUT2D eigenvalue weighted by Crippen LogP contribution is -2.50. The minimum absolute atomic E-state index is 0.805. The molecule has 1 aromatic heterocycles. The van der Waals surface area contributed by atoms with Gasteiger partial charge in [0.1, 0.15) is 11.5 Å². The minimum atomic E-state index is 0.805. The number of fused-ring (bicyclic) bond motifs is 2. The fourth-order valence-corrected chi connectivity index (χ4v) is 4.18. The molecule has 2 fully saturated rings. The smallest absolute Gasteiger partial charge is 0.118 e. The first kappa shape index (κ1) is 13.2. The summed E-state index contributed by atoms with van der Waals surface area (Å²) < 4.78 is 5.85. The number of hydrogen-bond donors (Lipinski definition) is 0. The van der Waals surface area contributed by atoms with Crippen LogP contribution in [0.5, 0.6) is 0 Å². The largest absolute Gasteiger partial charge is 0.465 e.